The molecule has 134 valence electrons. The van der Waals surface area contributed by atoms with E-state index in [1.54, 1.807) is 24.3 Å². The molecule has 0 heterocycles. The number of hydrogen-bond donors (Lipinski definition) is 1. The number of anilines is 2. The highest BCUT2D eigenvalue weighted by molar-refractivity contribution is 7.92. The van der Waals surface area contributed by atoms with E-state index in [1.165, 1.54) is 0 Å². The Kier molecular flexibility index (Phi) is 5.85. The van der Waals surface area contributed by atoms with Gasteiger partial charge in [0.2, 0.25) is 15.9 Å². The molecule has 0 fully saturated rings. The number of amides is 1. The zero-order valence-corrected chi connectivity index (χ0v) is 15.8. The number of nitrogens with one attached hydrogen (secondary N) is 1. The minimum absolute atomic E-state index is 0.270. The summed E-state index contributed by atoms with van der Waals surface area (Å²) < 4.78 is 25.4. The lowest BCUT2D eigenvalue weighted by Crippen LogP contribution is -2.37. The molecule has 0 aliphatic rings. The van der Waals surface area contributed by atoms with E-state index in [1.807, 2.05) is 31.2 Å². The normalized spacial score (nSPS) is 11.4. The number of hydrogen-bond acceptors (Lipinski definition) is 3. The van der Waals surface area contributed by atoms with E-state index in [0.29, 0.717) is 17.3 Å². The van der Waals surface area contributed by atoms with Gasteiger partial charge in [-0.3, -0.25) is 9.10 Å². The first kappa shape index (κ1) is 19.0. The second-order valence-electron chi connectivity index (χ2n) is 6.43. The Morgan fingerprint density at radius 3 is 2.08 bits per heavy atom. The number of aryl methyl sites for hydroxylation is 1. The summed E-state index contributed by atoms with van der Waals surface area (Å²) in [7, 11) is -3.57. The monoisotopic (exact) mass is 360 g/mol. The molecule has 2 aromatic carbocycles. The molecule has 0 spiro atoms. The van der Waals surface area contributed by atoms with Crippen LogP contribution in [0.25, 0.3) is 0 Å². The Labute approximate surface area is 149 Å². The quantitative estimate of drug-likeness (QED) is 0.857. The average Bonchev–Trinajstić information content (AvgIpc) is 2.54. The Morgan fingerprint density at radius 2 is 1.60 bits per heavy atom. The van der Waals surface area contributed by atoms with Crippen LogP contribution in [0, 0.1) is 6.92 Å². The average molecular weight is 360 g/mol. The van der Waals surface area contributed by atoms with Crippen molar-refractivity contribution in [1.82, 2.24) is 0 Å². The molecule has 0 unspecified atom stereocenters. The predicted octanol–water partition coefficient (Wildman–Crippen LogP) is 3.52. The van der Waals surface area contributed by atoms with Gasteiger partial charge in [0, 0.05) is 5.69 Å². The van der Waals surface area contributed by atoms with Crippen molar-refractivity contribution in [2.24, 2.45) is 0 Å². The third-order valence-electron chi connectivity index (χ3n) is 3.87. The fourth-order valence-corrected chi connectivity index (χ4v) is 3.25. The lowest BCUT2D eigenvalue weighted by atomic mass is 10.0. The van der Waals surface area contributed by atoms with E-state index < -0.39 is 10.0 Å². The van der Waals surface area contributed by atoms with Crippen LogP contribution in [-0.4, -0.2) is 27.1 Å². The number of carbonyl (C=O) groups excluding carboxylic acids is 1. The Bertz CT molecular complexity index is 826. The largest absolute Gasteiger partial charge is 0.325 e. The molecule has 0 aliphatic carbocycles. The van der Waals surface area contributed by atoms with Gasteiger partial charge in [-0.25, -0.2) is 8.42 Å². The fraction of sp³-hybridized carbons (Fsp3) is 0.316. The number of rotatable bonds is 6. The van der Waals surface area contributed by atoms with Crippen molar-refractivity contribution in [2.75, 3.05) is 22.4 Å². The molecule has 0 saturated carbocycles. The molecule has 0 aromatic heterocycles. The molecule has 0 aliphatic heterocycles. The predicted molar refractivity (Wildman–Crippen MR) is 103 cm³/mol. The summed E-state index contributed by atoms with van der Waals surface area (Å²) >= 11 is 0. The molecule has 1 amide bonds. The lowest BCUT2D eigenvalue weighted by Gasteiger charge is -2.22. The van der Waals surface area contributed by atoms with Gasteiger partial charge in [-0.2, -0.15) is 0 Å². The van der Waals surface area contributed by atoms with E-state index in [9.17, 15) is 13.2 Å². The van der Waals surface area contributed by atoms with Crippen molar-refractivity contribution in [1.29, 1.82) is 0 Å². The van der Waals surface area contributed by atoms with Crippen LogP contribution in [0.5, 0.6) is 0 Å². The van der Waals surface area contributed by atoms with Crippen molar-refractivity contribution >= 4 is 27.3 Å². The zero-order valence-electron chi connectivity index (χ0n) is 15.0. The summed E-state index contributed by atoms with van der Waals surface area (Å²) in [5, 5.41) is 2.73. The molecule has 6 heteroatoms. The maximum absolute atomic E-state index is 12.3. The standard InChI is InChI=1S/C19H24N2O3S/c1-14(2)16-7-11-18(12-8-16)21(25(4,23)24)13-19(22)20-17-9-5-15(3)6-10-17/h5-12,14H,13H2,1-4H3,(H,20,22). The van der Waals surface area contributed by atoms with Crippen molar-refractivity contribution < 1.29 is 13.2 Å². The van der Waals surface area contributed by atoms with E-state index >= 15 is 0 Å². The molecule has 2 rings (SSSR count). The van der Waals surface area contributed by atoms with E-state index in [2.05, 4.69) is 19.2 Å². The van der Waals surface area contributed by atoms with Crippen LogP contribution in [0.2, 0.25) is 0 Å². The van der Waals surface area contributed by atoms with Crippen molar-refractivity contribution in [3.8, 4) is 0 Å². The van der Waals surface area contributed by atoms with E-state index in [-0.39, 0.29) is 12.5 Å². The van der Waals surface area contributed by atoms with Gasteiger partial charge >= 0.3 is 0 Å². The highest BCUT2D eigenvalue weighted by Crippen LogP contribution is 2.22. The summed E-state index contributed by atoms with van der Waals surface area (Å²) in [6.45, 7) is 5.82. The Morgan fingerprint density at radius 1 is 1.04 bits per heavy atom. The van der Waals surface area contributed by atoms with E-state index in [0.717, 1.165) is 21.7 Å². The molecular weight excluding hydrogens is 336 g/mol. The summed E-state index contributed by atoms with van der Waals surface area (Å²) in [5.41, 5.74) is 3.31. The highest BCUT2D eigenvalue weighted by Gasteiger charge is 2.21. The molecular formula is C19H24N2O3S. The van der Waals surface area contributed by atoms with Gasteiger partial charge in [0.25, 0.3) is 0 Å². The number of carbonyl (C=O) groups is 1. The number of nitrogens with zero attached hydrogens (tertiary/aromatic N) is 1. The molecule has 1 N–H and O–H groups in total. The van der Waals surface area contributed by atoms with Crippen LogP contribution in [0.4, 0.5) is 11.4 Å². The first-order valence-corrected chi connectivity index (χ1v) is 9.96. The summed E-state index contributed by atoms with van der Waals surface area (Å²) in [5.74, 6) is -0.0345. The molecule has 0 atom stereocenters. The SMILES string of the molecule is Cc1ccc(NC(=O)CN(c2ccc(C(C)C)cc2)S(C)(=O)=O)cc1. The number of sulfonamides is 1. The topological polar surface area (TPSA) is 66.5 Å². The van der Waals surface area contributed by atoms with Gasteiger partial charge in [0.15, 0.2) is 0 Å². The lowest BCUT2D eigenvalue weighted by molar-refractivity contribution is -0.114. The highest BCUT2D eigenvalue weighted by atomic mass is 32.2. The first-order valence-electron chi connectivity index (χ1n) is 8.11. The molecule has 0 saturated heterocycles. The molecule has 25 heavy (non-hydrogen) atoms. The van der Waals surface area contributed by atoms with Crippen molar-refractivity contribution in [2.45, 2.75) is 26.7 Å². The second kappa shape index (κ2) is 7.70. The van der Waals surface area contributed by atoms with Crippen LogP contribution in [0.1, 0.15) is 30.9 Å². The van der Waals surface area contributed by atoms with Gasteiger partial charge in [-0.05, 0) is 42.7 Å². The minimum Gasteiger partial charge on any atom is -0.325 e. The van der Waals surface area contributed by atoms with Gasteiger partial charge in [0.05, 0.1) is 11.9 Å². The van der Waals surface area contributed by atoms with Crippen LogP contribution in [0.15, 0.2) is 48.5 Å². The van der Waals surface area contributed by atoms with Gasteiger partial charge in [-0.15, -0.1) is 0 Å². The van der Waals surface area contributed by atoms with Crippen LogP contribution in [0.3, 0.4) is 0 Å². The maximum Gasteiger partial charge on any atom is 0.245 e. The van der Waals surface area contributed by atoms with Gasteiger partial charge < -0.3 is 5.32 Å². The van der Waals surface area contributed by atoms with Crippen LogP contribution >= 0.6 is 0 Å². The first-order chi connectivity index (χ1) is 11.7. The fourth-order valence-electron chi connectivity index (χ4n) is 2.39. The van der Waals surface area contributed by atoms with Gasteiger partial charge in [-0.1, -0.05) is 43.7 Å². The van der Waals surface area contributed by atoms with Crippen molar-refractivity contribution in [3.05, 3.63) is 59.7 Å². The Hall–Kier alpha value is -2.34. The van der Waals surface area contributed by atoms with Gasteiger partial charge in [0.1, 0.15) is 6.54 Å². The molecule has 2 aromatic rings. The number of benzene rings is 2. The zero-order chi connectivity index (χ0) is 18.6. The minimum atomic E-state index is -3.57. The molecule has 0 radical (unpaired) electrons. The smallest absolute Gasteiger partial charge is 0.245 e. The second-order valence-corrected chi connectivity index (χ2v) is 8.34. The third-order valence-corrected chi connectivity index (χ3v) is 5.01. The molecule has 5 nitrogen and oxygen atoms in total. The van der Waals surface area contributed by atoms with Crippen LogP contribution in [-0.2, 0) is 14.8 Å². The third kappa shape index (κ3) is 5.32. The van der Waals surface area contributed by atoms with E-state index in [4.69, 9.17) is 0 Å². The summed E-state index contributed by atoms with van der Waals surface area (Å²) in [4.78, 5) is 12.3. The van der Waals surface area contributed by atoms with Crippen LogP contribution < -0.4 is 9.62 Å². The maximum atomic E-state index is 12.3. The Balaban J connectivity index is 2.17. The van der Waals surface area contributed by atoms with Crippen molar-refractivity contribution in [3.63, 3.8) is 0 Å². The summed E-state index contributed by atoms with van der Waals surface area (Å²) in [6.07, 6.45) is 1.10. The molecule has 0 bridgehead atoms. The summed E-state index contributed by atoms with van der Waals surface area (Å²) in [6, 6.07) is 14.6.